The molecule has 0 amide bonds. The van der Waals surface area contributed by atoms with Gasteiger partial charge in [-0.25, -0.2) is 23.5 Å². The van der Waals surface area contributed by atoms with Gasteiger partial charge in [-0.05, 0) is 35.9 Å². The summed E-state index contributed by atoms with van der Waals surface area (Å²) < 4.78 is 27.9. The smallest absolute Gasteiger partial charge is 0.230 e. The summed E-state index contributed by atoms with van der Waals surface area (Å²) in [5, 5.41) is 8.09. The fourth-order valence-corrected chi connectivity index (χ4v) is 3.20. The maximum atomic E-state index is 11.3. The van der Waals surface area contributed by atoms with Crippen LogP contribution in [0.3, 0.4) is 0 Å². The van der Waals surface area contributed by atoms with Crippen LogP contribution in [-0.4, -0.2) is 36.8 Å². The zero-order chi connectivity index (χ0) is 20.1. The van der Waals surface area contributed by atoms with Gasteiger partial charge in [-0.15, -0.1) is 0 Å². The highest BCUT2D eigenvalue weighted by atomic mass is 32.2. The summed E-state index contributed by atoms with van der Waals surface area (Å²) in [5.74, 6) is 0.800. The predicted octanol–water partition coefficient (Wildman–Crippen LogP) is 1.89. The Labute approximate surface area is 161 Å². The minimum atomic E-state index is -3.64. The SMILES string of the molecule is COc1ccc(C=O)cc1-c1ncnc(Nc2cccc(CS(N)(=O)=O)c2)n1. The van der Waals surface area contributed by atoms with E-state index in [1.807, 2.05) is 0 Å². The van der Waals surface area contributed by atoms with Crippen molar-refractivity contribution in [2.24, 2.45) is 5.14 Å². The lowest BCUT2D eigenvalue weighted by Gasteiger charge is -2.10. The molecule has 0 radical (unpaired) electrons. The zero-order valence-corrected chi connectivity index (χ0v) is 15.7. The number of ether oxygens (including phenoxy) is 1. The normalized spacial score (nSPS) is 11.1. The summed E-state index contributed by atoms with van der Waals surface area (Å²) in [7, 11) is -2.12. The largest absolute Gasteiger partial charge is 0.496 e. The predicted molar refractivity (Wildman–Crippen MR) is 104 cm³/mol. The second kappa shape index (κ2) is 8.11. The molecule has 144 valence electrons. The van der Waals surface area contributed by atoms with Gasteiger partial charge in [0.2, 0.25) is 16.0 Å². The van der Waals surface area contributed by atoms with Crippen LogP contribution in [0.2, 0.25) is 0 Å². The molecule has 0 atom stereocenters. The molecule has 0 aliphatic heterocycles. The molecule has 3 rings (SSSR count). The number of aldehydes is 1. The first-order valence-electron chi connectivity index (χ1n) is 8.07. The lowest BCUT2D eigenvalue weighted by Crippen LogP contribution is -2.14. The number of carbonyl (C=O) groups is 1. The summed E-state index contributed by atoms with van der Waals surface area (Å²) >= 11 is 0. The minimum Gasteiger partial charge on any atom is -0.496 e. The first-order chi connectivity index (χ1) is 13.4. The molecule has 3 N–H and O–H groups in total. The number of benzene rings is 2. The molecule has 0 saturated heterocycles. The van der Waals surface area contributed by atoms with Crippen LogP contribution < -0.4 is 15.2 Å². The van der Waals surface area contributed by atoms with E-state index in [9.17, 15) is 13.2 Å². The third-order valence-electron chi connectivity index (χ3n) is 3.72. The van der Waals surface area contributed by atoms with Gasteiger partial charge in [-0.1, -0.05) is 12.1 Å². The van der Waals surface area contributed by atoms with Gasteiger partial charge >= 0.3 is 0 Å². The maximum absolute atomic E-state index is 11.3. The average Bonchev–Trinajstić information content (AvgIpc) is 2.66. The zero-order valence-electron chi connectivity index (χ0n) is 14.9. The van der Waals surface area contributed by atoms with Crippen molar-refractivity contribution in [3.63, 3.8) is 0 Å². The average molecular weight is 399 g/mol. The van der Waals surface area contributed by atoms with Gasteiger partial charge in [-0.2, -0.15) is 4.98 Å². The Morgan fingerprint density at radius 3 is 2.71 bits per heavy atom. The number of nitrogens with two attached hydrogens (primary N) is 1. The first-order valence-corrected chi connectivity index (χ1v) is 9.78. The molecule has 1 aromatic heterocycles. The summed E-state index contributed by atoms with van der Waals surface area (Å²) in [6.07, 6.45) is 2.05. The van der Waals surface area contributed by atoms with Crippen LogP contribution in [0, 0.1) is 0 Å². The highest BCUT2D eigenvalue weighted by Gasteiger charge is 2.12. The lowest BCUT2D eigenvalue weighted by atomic mass is 10.1. The molecule has 2 aromatic carbocycles. The third-order valence-corrected chi connectivity index (χ3v) is 4.46. The quantitative estimate of drug-likeness (QED) is 0.575. The molecular weight excluding hydrogens is 382 g/mol. The summed E-state index contributed by atoms with van der Waals surface area (Å²) in [5.41, 5.74) is 2.12. The molecule has 0 aliphatic rings. The Bertz CT molecular complexity index is 1120. The Morgan fingerprint density at radius 1 is 1.18 bits per heavy atom. The summed E-state index contributed by atoms with van der Waals surface area (Å²) in [6.45, 7) is 0. The second-order valence-corrected chi connectivity index (χ2v) is 7.46. The number of hydrogen-bond donors (Lipinski definition) is 2. The van der Waals surface area contributed by atoms with E-state index in [1.54, 1.807) is 42.5 Å². The molecule has 0 fully saturated rings. The second-order valence-electron chi connectivity index (χ2n) is 5.84. The van der Waals surface area contributed by atoms with E-state index in [0.29, 0.717) is 34.0 Å². The molecule has 3 aromatic rings. The third kappa shape index (κ3) is 4.87. The molecule has 10 heteroatoms. The van der Waals surface area contributed by atoms with E-state index in [1.165, 1.54) is 13.4 Å². The van der Waals surface area contributed by atoms with E-state index in [2.05, 4.69) is 20.3 Å². The molecule has 0 spiro atoms. The van der Waals surface area contributed by atoms with E-state index >= 15 is 0 Å². The van der Waals surface area contributed by atoms with Gasteiger partial charge in [-0.3, -0.25) is 4.79 Å². The number of rotatable bonds is 7. The van der Waals surface area contributed by atoms with Gasteiger partial charge in [0.05, 0.1) is 18.4 Å². The summed E-state index contributed by atoms with van der Waals surface area (Å²) in [6, 6.07) is 11.6. The molecule has 28 heavy (non-hydrogen) atoms. The van der Waals surface area contributed by atoms with E-state index in [-0.39, 0.29) is 11.7 Å². The Morgan fingerprint density at radius 2 is 2.00 bits per heavy atom. The Hall–Kier alpha value is -3.37. The number of carbonyl (C=O) groups excluding carboxylic acids is 1. The topological polar surface area (TPSA) is 137 Å². The van der Waals surface area contributed by atoms with Crippen molar-refractivity contribution < 1.29 is 17.9 Å². The van der Waals surface area contributed by atoms with Crippen molar-refractivity contribution in [1.29, 1.82) is 0 Å². The molecular formula is C18H17N5O4S. The Balaban J connectivity index is 1.91. The minimum absolute atomic E-state index is 0.247. The highest BCUT2D eigenvalue weighted by Crippen LogP contribution is 2.28. The van der Waals surface area contributed by atoms with Crippen molar-refractivity contribution in [3.8, 4) is 17.1 Å². The molecule has 0 unspecified atom stereocenters. The van der Waals surface area contributed by atoms with Gasteiger partial charge in [0.15, 0.2) is 5.82 Å². The van der Waals surface area contributed by atoms with Crippen LogP contribution in [0.1, 0.15) is 15.9 Å². The van der Waals surface area contributed by atoms with Crippen LogP contribution in [0.15, 0.2) is 48.8 Å². The maximum Gasteiger partial charge on any atom is 0.230 e. The van der Waals surface area contributed by atoms with Gasteiger partial charge in [0.1, 0.15) is 18.4 Å². The first kappa shape index (κ1) is 19.4. The number of nitrogens with zero attached hydrogens (tertiary/aromatic N) is 3. The van der Waals surface area contributed by atoms with Crippen molar-refractivity contribution in [2.45, 2.75) is 5.75 Å². The highest BCUT2D eigenvalue weighted by molar-refractivity contribution is 7.88. The van der Waals surface area contributed by atoms with Gasteiger partial charge in [0.25, 0.3) is 0 Å². The van der Waals surface area contributed by atoms with Crippen molar-refractivity contribution in [2.75, 3.05) is 12.4 Å². The molecule has 0 aliphatic carbocycles. The fourth-order valence-electron chi connectivity index (χ4n) is 2.56. The molecule has 9 nitrogen and oxygen atoms in total. The number of nitrogens with one attached hydrogen (secondary N) is 1. The molecule has 0 saturated carbocycles. The molecule has 0 bridgehead atoms. The van der Waals surface area contributed by atoms with Crippen LogP contribution in [0.5, 0.6) is 5.75 Å². The van der Waals surface area contributed by atoms with Crippen LogP contribution >= 0.6 is 0 Å². The molecule has 1 heterocycles. The number of sulfonamides is 1. The summed E-state index contributed by atoms with van der Waals surface area (Å²) in [4.78, 5) is 23.6. The Kier molecular flexibility index (Phi) is 5.62. The fraction of sp³-hybridized carbons (Fsp3) is 0.111. The van der Waals surface area contributed by atoms with Crippen molar-refractivity contribution >= 4 is 27.9 Å². The number of primary sulfonamides is 1. The van der Waals surface area contributed by atoms with E-state index in [0.717, 1.165) is 6.29 Å². The number of aromatic nitrogens is 3. The van der Waals surface area contributed by atoms with Gasteiger partial charge < -0.3 is 10.1 Å². The van der Waals surface area contributed by atoms with E-state index in [4.69, 9.17) is 9.88 Å². The van der Waals surface area contributed by atoms with Crippen LogP contribution in [-0.2, 0) is 15.8 Å². The van der Waals surface area contributed by atoms with Gasteiger partial charge in [0, 0.05) is 11.3 Å². The van der Waals surface area contributed by atoms with Crippen LogP contribution in [0.25, 0.3) is 11.4 Å². The standard InChI is InChI=1S/C18H17N5O4S/c1-27-16-6-5-12(9-24)8-15(16)17-20-11-21-18(23-17)22-14-4-2-3-13(7-14)10-28(19,25)26/h2-9,11H,10H2,1H3,(H2,19,25,26)(H,20,21,22,23). The van der Waals surface area contributed by atoms with Crippen molar-refractivity contribution in [1.82, 2.24) is 15.0 Å². The number of methoxy groups -OCH3 is 1. The number of anilines is 2. The van der Waals surface area contributed by atoms with E-state index < -0.39 is 10.0 Å². The number of hydrogen-bond acceptors (Lipinski definition) is 8. The monoisotopic (exact) mass is 399 g/mol. The lowest BCUT2D eigenvalue weighted by molar-refractivity contribution is 0.112. The van der Waals surface area contributed by atoms with Crippen LogP contribution in [0.4, 0.5) is 11.6 Å². The van der Waals surface area contributed by atoms with Crippen molar-refractivity contribution in [3.05, 3.63) is 59.9 Å².